The number of hydrogen-bond acceptors (Lipinski definition) is 4. The molecule has 2 aromatic rings. The Morgan fingerprint density at radius 1 is 1.03 bits per heavy atom. The molecule has 0 aliphatic carbocycles. The fraction of sp³-hybridized carbons (Fsp3) is 0.364. The number of alkyl halides is 6. The Morgan fingerprint density at radius 2 is 1.62 bits per heavy atom. The van der Waals surface area contributed by atoms with E-state index in [0.29, 0.717) is 6.07 Å². The van der Waals surface area contributed by atoms with E-state index in [0.717, 1.165) is 24.3 Å². The first-order valence-corrected chi connectivity index (χ1v) is 13.5. The molecule has 1 saturated heterocycles. The molecule has 202 valence electrons. The van der Waals surface area contributed by atoms with Crippen molar-refractivity contribution in [2.24, 2.45) is 4.99 Å². The summed E-state index contributed by atoms with van der Waals surface area (Å²) in [5, 5.41) is 1.73. The fourth-order valence-electron chi connectivity index (χ4n) is 4.30. The number of nitrogens with zero attached hydrogens (tertiary/aromatic N) is 1. The molecule has 0 aromatic heterocycles. The van der Waals surface area contributed by atoms with Crippen LogP contribution < -0.4 is 5.32 Å². The number of benzene rings is 2. The van der Waals surface area contributed by atoms with Crippen molar-refractivity contribution >= 4 is 57.0 Å². The van der Waals surface area contributed by atoms with Gasteiger partial charge in [0.15, 0.2) is 0 Å². The molecule has 1 amide bonds. The number of rotatable bonds is 4. The highest BCUT2D eigenvalue weighted by atomic mass is 35.5. The maximum Gasteiger partial charge on any atom is 0.417 e. The molecule has 1 unspecified atom stereocenters. The maximum absolute atomic E-state index is 14.3. The van der Waals surface area contributed by atoms with Crippen LogP contribution in [0.2, 0.25) is 15.1 Å². The van der Waals surface area contributed by atoms with Crippen LogP contribution in [0.3, 0.4) is 0 Å². The summed E-state index contributed by atoms with van der Waals surface area (Å²) >= 11 is 17.7. The SMILES string of the molecule is O=C(NC1CS(O)(O)C1)c1ccc(C2=NCC(c3cc(Cl)c(Cl)c(Cl)c3)(C(F)(F)F)C2)cc1C(F)(F)F. The first-order chi connectivity index (χ1) is 16.9. The smallest absolute Gasteiger partial charge is 0.346 e. The van der Waals surface area contributed by atoms with Crippen LogP contribution in [0.4, 0.5) is 26.3 Å². The van der Waals surface area contributed by atoms with Crippen LogP contribution >= 0.6 is 45.4 Å². The van der Waals surface area contributed by atoms with Gasteiger partial charge in [-0.2, -0.15) is 36.9 Å². The Hall–Kier alpha value is -1.70. The summed E-state index contributed by atoms with van der Waals surface area (Å²) in [7, 11) is -2.84. The van der Waals surface area contributed by atoms with Gasteiger partial charge < -0.3 is 5.32 Å². The molecule has 0 spiro atoms. The minimum Gasteiger partial charge on any atom is -0.346 e. The van der Waals surface area contributed by atoms with Gasteiger partial charge in [-0.1, -0.05) is 40.9 Å². The molecule has 37 heavy (non-hydrogen) atoms. The zero-order valence-electron chi connectivity index (χ0n) is 18.4. The van der Waals surface area contributed by atoms with Crippen LogP contribution in [-0.2, 0) is 11.6 Å². The predicted octanol–water partition coefficient (Wildman–Crippen LogP) is 7.22. The molecule has 0 saturated carbocycles. The molecule has 2 aliphatic rings. The normalized spacial score (nSPS) is 22.8. The Kier molecular flexibility index (Phi) is 7.26. The fourth-order valence-corrected chi connectivity index (χ4v) is 6.25. The minimum absolute atomic E-state index is 0.140. The van der Waals surface area contributed by atoms with E-state index in [1.807, 2.05) is 0 Å². The van der Waals surface area contributed by atoms with Gasteiger partial charge >= 0.3 is 12.4 Å². The number of carbonyl (C=O) groups excluding carboxylic acids is 1. The molecule has 0 bridgehead atoms. The van der Waals surface area contributed by atoms with Gasteiger partial charge in [0.2, 0.25) is 0 Å². The zero-order chi connectivity index (χ0) is 27.6. The molecule has 0 radical (unpaired) electrons. The lowest BCUT2D eigenvalue weighted by atomic mass is 9.76. The Morgan fingerprint density at radius 3 is 2.14 bits per heavy atom. The molecule has 5 nitrogen and oxygen atoms in total. The van der Waals surface area contributed by atoms with Gasteiger partial charge in [0.05, 0.1) is 50.3 Å². The minimum atomic E-state index is -5.01. The van der Waals surface area contributed by atoms with E-state index in [-0.39, 0.29) is 43.4 Å². The van der Waals surface area contributed by atoms with Crippen molar-refractivity contribution in [2.75, 3.05) is 18.1 Å². The summed E-state index contributed by atoms with van der Waals surface area (Å²) < 4.78 is 103. The number of nitrogens with one attached hydrogen (secondary N) is 1. The van der Waals surface area contributed by atoms with Crippen LogP contribution in [-0.4, -0.2) is 51.0 Å². The van der Waals surface area contributed by atoms with Gasteiger partial charge in [-0.05, 0) is 35.4 Å². The lowest BCUT2D eigenvalue weighted by Crippen LogP contribution is -2.50. The molecule has 1 atom stereocenters. The Balaban J connectivity index is 1.67. The number of halogens is 9. The van der Waals surface area contributed by atoms with E-state index < -0.39 is 64.4 Å². The number of carbonyl (C=O) groups is 1. The summed E-state index contributed by atoms with van der Waals surface area (Å²) in [5.74, 6) is -1.44. The van der Waals surface area contributed by atoms with Gasteiger partial charge in [0, 0.05) is 12.1 Å². The third-order valence-corrected chi connectivity index (χ3v) is 9.33. The van der Waals surface area contributed by atoms with Crippen molar-refractivity contribution in [2.45, 2.75) is 30.2 Å². The third kappa shape index (κ3) is 5.41. The zero-order valence-corrected chi connectivity index (χ0v) is 21.4. The van der Waals surface area contributed by atoms with E-state index in [2.05, 4.69) is 10.3 Å². The first kappa shape index (κ1) is 28.3. The van der Waals surface area contributed by atoms with Gasteiger partial charge in [0.25, 0.3) is 5.91 Å². The average Bonchev–Trinajstić information content (AvgIpc) is 3.22. The molecule has 2 heterocycles. The standard InChI is InChI=1S/C22H17Cl3F6N2O3S/c23-15-4-11(5-16(24)18(15)25)20(22(29,30)31)6-17(32-9-20)10-1-2-13(14(3-10)21(26,27)28)19(34)33-12-7-37(35,36)8-12/h1-5,12,35-36H,6-9H2,(H,33,34). The molecular weight excluding hydrogens is 593 g/mol. The average molecular weight is 610 g/mol. The van der Waals surface area contributed by atoms with Crippen molar-refractivity contribution in [1.29, 1.82) is 0 Å². The quantitative estimate of drug-likeness (QED) is 0.253. The van der Waals surface area contributed by atoms with E-state index in [1.165, 1.54) is 0 Å². The number of aliphatic imine (C=N–C) groups is 1. The largest absolute Gasteiger partial charge is 0.417 e. The summed E-state index contributed by atoms with van der Waals surface area (Å²) in [4.78, 5) is 16.4. The summed E-state index contributed by atoms with van der Waals surface area (Å²) in [6.45, 7) is -0.822. The molecule has 3 N–H and O–H groups in total. The molecule has 15 heteroatoms. The van der Waals surface area contributed by atoms with Crippen molar-refractivity contribution in [3.63, 3.8) is 0 Å². The molecule has 1 fully saturated rings. The topological polar surface area (TPSA) is 81.9 Å². The second-order valence-corrected chi connectivity index (χ2v) is 12.3. The van der Waals surface area contributed by atoms with Gasteiger partial charge in [0.1, 0.15) is 5.41 Å². The molecular formula is C22H17Cl3F6N2O3S. The van der Waals surface area contributed by atoms with Crippen LogP contribution in [0.1, 0.15) is 33.5 Å². The second kappa shape index (κ2) is 9.49. The van der Waals surface area contributed by atoms with E-state index in [4.69, 9.17) is 34.8 Å². The third-order valence-electron chi connectivity index (χ3n) is 6.26. The van der Waals surface area contributed by atoms with Crippen molar-refractivity contribution in [1.82, 2.24) is 5.32 Å². The number of hydrogen-bond donors (Lipinski definition) is 3. The maximum atomic E-state index is 14.3. The van der Waals surface area contributed by atoms with Crippen LogP contribution in [0.5, 0.6) is 0 Å². The van der Waals surface area contributed by atoms with Crippen LogP contribution in [0, 0.1) is 0 Å². The van der Waals surface area contributed by atoms with E-state index in [1.54, 1.807) is 0 Å². The van der Waals surface area contributed by atoms with E-state index >= 15 is 0 Å². The summed E-state index contributed by atoms with van der Waals surface area (Å²) in [6, 6.07) is 3.83. The first-order valence-electron chi connectivity index (χ1n) is 10.4. The number of amides is 1. The lowest BCUT2D eigenvalue weighted by Gasteiger charge is -2.47. The van der Waals surface area contributed by atoms with Gasteiger partial charge in [-0.3, -0.25) is 18.9 Å². The van der Waals surface area contributed by atoms with E-state index in [9.17, 15) is 40.2 Å². The highest BCUT2D eigenvalue weighted by molar-refractivity contribution is 8.25. The molecule has 4 rings (SSSR count). The predicted molar refractivity (Wildman–Crippen MR) is 131 cm³/mol. The summed E-state index contributed by atoms with van der Waals surface area (Å²) in [6.07, 6.45) is -10.7. The highest BCUT2D eigenvalue weighted by Crippen LogP contribution is 2.50. The monoisotopic (exact) mass is 608 g/mol. The van der Waals surface area contributed by atoms with Crippen molar-refractivity contribution in [3.05, 3.63) is 67.7 Å². The Bertz CT molecular complexity index is 1270. The van der Waals surface area contributed by atoms with Crippen molar-refractivity contribution in [3.8, 4) is 0 Å². The Labute approximate surface area is 223 Å². The van der Waals surface area contributed by atoms with Crippen molar-refractivity contribution < 1.29 is 40.2 Å². The summed E-state index contributed by atoms with van der Waals surface area (Å²) in [5.41, 5.74) is -5.54. The van der Waals surface area contributed by atoms with Gasteiger partial charge in [-0.15, -0.1) is 0 Å². The van der Waals surface area contributed by atoms with Gasteiger partial charge in [-0.25, -0.2) is 0 Å². The molecule has 2 aliphatic heterocycles. The van der Waals surface area contributed by atoms with Crippen LogP contribution in [0.25, 0.3) is 0 Å². The highest BCUT2D eigenvalue weighted by Gasteiger charge is 2.58. The second-order valence-electron chi connectivity index (χ2n) is 8.84. The lowest BCUT2D eigenvalue weighted by molar-refractivity contribution is -0.183. The molecule has 2 aromatic carbocycles. The van der Waals surface area contributed by atoms with Crippen LogP contribution in [0.15, 0.2) is 35.3 Å².